The average molecular weight is 492 g/mol. The number of hydrogen-bond acceptors (Lipinski definition) is 8. The van der Waals surface area contributed by atoms with Gasteiger partial charge in [0, 0.05) is 43.0 Å². The molecule has 2 amide bonds. The number of nitrogens with zero attached hydrogens (tertiary/aromatic N) is 5. The standard InChI is InChI=1S/C26H33N7O3/c1-4-23-29-24(31-25(30-23)33-14-16-35-17-15-33)19-5-7-20(8-6-19)27-26(34)28-21-9-11-22(12-10-21)36-18-13-32(2)3/h5-12H,4,13-18H2,1-3H3,(H2,27,28,34). The minimum Gasteiger partial charge on any atom is -0.492 e. The molecule has 190 valence electrons. The predicted molar refractivity (Wildman–Crippen MR) is 141 cm³/mol. The van der Waals surface area contributed by atoms with Crippen molar-refractivity contribution in [2.45, 2.75) is 13.3 Å². The first-order valence-electron chi connectivity index (χ1n) is 12.1. The highest BCUT2D eigenvalue weighted by molar-refractivity contribution is 5.99. The minimum absolute atomic E-state index is 0.327. The molecule has 0 radical (unpaired) electrons. The molecule has 1 aromatic heterocycles. The molecule has 10 heteroatoms. The third-order valence-electron chi connectivity index (χ3n) is 5.60. The number of benzene rings is 2. The summed E-state index contributed by atoms with van der Waals surface area (Å²) >= 11 is 0. The van der Waals surface area contributed by atoms with Crippen molar-refractivity contribution in [2.75, 3.05) is 69.1 Å². The quantitative estimate of drug-likeness (QED) is 0.469. The number of nitrogens with one attached hydrogen (secondary N) is 2. The minimum atomic E-state index is -0.327. The number of carbonyl (C=O) groups is 1. The fraction of sp³-hybridized carbons (Fsp3) is 0.385. The topological polar surface area (TPSA) is 105 Å². The Morgan fingerprint density at radius 3 is 2.22 bits per heavy atom. The molecule has 0 aliphatic carbocycles. The van der Waals surface area contributed by atoms with Gasteiger partial charge in [-0.1, -0.05) is 6.92 Å². The first-order valence-corrected chi connectivity index (χ1v) is 12.1. The Kier molecular flexibility index (Phi) is 8.64. The van der Waals surface area contributed by atoms with Crippen molar-refractivity contribution in [3.05, 3.63) is 54.4 Å². The summed E-state index contributed by atoms with van der Waals surface area (Å²) < 4.78 is 11.1. The molecule has 10 nitrogen and oxygen atoms in total. The molecule has 1 aliphatic heterocycles. The van der Waals surface area contributed by atoms with Crippen molar-refractivity contribution < 1.29 is 14.3 Å². The van der Waals surface area contributed by atoms with Gasteiger partial charge in [-0.3, -0.25) is 0 Å². The van der Waals surface area contributed by atoms with Crippen LogP contribution in [0.3, 0.4) is 0 Å². The largest absolute Gasteiger partial charge is 0.492 e. The maximum atomic E-state index is 12.5. The molecule has 3 aromatic rings. The van der Waals surface area contributed by atoms with Gasteiger partial charge in [-0.05, 0) is 62.6 Å². The van der Waals surface area contributed by atoms with E-state index in [1.54, 1.807) is 0 Å². The summed E-state index contributed by atoms with van der Waals surface area (Å²) in [5, 5.41) is 5.69. The molecule has 2 aromatic carbocycles. The normalized spacial score (nSPS) is 13.5. The molecule has 4 rings (SSSR count). The first-order chi connectivity index (χ1) is 17.5. The molecule has 0 spiro atoms. The van der Waals surface area contributed by atoms with Crippen molar-refractivity contribution in [1.82, 2.24) is 19.9 Å². The lowest BCUT2D eigenvalue weighted by molar-refractivity contribution is 0.122. The third-order valence-corrected chi connectivity index (χ3v) is 5.60. The summed E-state index contributed by atoms with van der Waals surface area (Å²) in [5.41, 5.74) is 2.20. The van der Waals surface area contributed by atoms with E-state index in [1.165, 1.54) is 0 Å². The van der Waals surface area contributed by atoms with Crippen LogP contribution in [-0.2, 0) is 11.2 Å². The van der Waals surface area contributed by atoms with E-state index in [0.29, 0.717) is 43.0 Å². The molecule has 2 heterocycles. The van der Waals surface area contributed by atoms with Crippen LogP contribution in [0, 0.1) is 0 Å². The van der Waals surface area contributed by atoms with Crippen molar-refractivity contribution in [1.29, 1.82) is 0 Å². The molecule has 1 saturated heterocycles. The van der Waals surface area contributed by atoms with Gasteiger partial charge in [0.05, 0.1) is 13.2 Å². The number of ether oxygens (including phenoxy) is 2. The van der Waals surface area contributed by atoms with Gasteiger partial charge in [0.15, 0.2) is 5.82 Å². The molecule has 0 unspecified atom stereocenters. The Morgan fingerprint density at radius 1 is 0.972 bits per heavy atom. The van der Waals surface area contributed by atoms with Crippen LogP contribution in [0.4, 0.5) is 22.1 Å². The number of aromatic nitrogens is 3. The van der Waals surface area contributed by atoms with Crippen molar-refractivity contribution in [3.8, 4) is 17.1 Å². The van der Waals surface area contributed by atoms with Gasteiger partial charge in [-0.25, -0.2) is 9.78 Å². The molecular formula is C26H33N7O3. The van der Waals surface area contributed by atoms with Gasteiger partial charge in [-0.15, -0.1) is 0 Å². The van der Waals surface area contributed by atoms with Gasteiger partial charge < -0.3 is 29.9 Å². The fourth-order valence-corrected chi connectivity index (χ4v) is 3.58. The van der Waals surface area contributed by atoms with Crippen LogP contribution in [0.2, 0.25) is 0 Å². The molecule has 2 N–H and O–H groups in total. The van der Waals surface area contributed by atoms with Crippen LogP contribution in [0.15, 0.2) is 48.5 Å². The van der Waals surface area contributed by atoms with E-state index in [1.807, 2.05) is 69.6 Å². The van der Waals surface area contributed by atoms with Crippen LogP contribution in [-0.4, -0.2) is 79.4 Å². The van der Waals surface area contributed by atoms with Crippen LogP contribution >= 0.6 is 0 Å². The van der Waals surface area contributed by atoms with Crippen molar-refractivity contribution >= 4 is 23.4 Å². The second kappa shape index (κ2) is 12.3. The molecular weight excluding hydrogens is 458 g/mol. The number of carbonyl (C=O) groups excluding carboxylic acids is 1. The summed E-state index contributed by atoms with van der Waals surface area (Å²) in [7, 11) is 4.00. The van der Waals surface area contributed by atoms with E-state index in [4.69, 9.17) is 14.5 Å². The summed E-state index contributed by atoms with van der Waals surface area (Å²) in [4.78, 5) is 30.5. The summed E-state index contributed by atoms with van der Waals surface area (Å²) in [5.74, 6) is 2.81. The highest BCUT2D eigenvalue weighted by Gasteiger charge is 2.17. The van der Waals surface area contributed by atoms with E-state index >= 15 is 0 Å². The van der Waals surface area contributed by atoms with Crippen LogP contribution in [0.5, 0.6) is 5.75 Å². The average Bonchev–Trinajstić information content (AvgIpc) is 2.90. The Labute approximate surface area is 211 Å². The first kappa shape index (κ1) is 25.3. The van der Waals surface area contributed by atoms with Crippen molar-refractivity contribution in [2.24, 2.45) is 0 Å². The van der Waals surface area contributed by atoms with Gasteiger partial charge in [0.1, 0.15) is 18.2 Å². The predicted octanol–water partition coefficient (Wildman–Crippen LogP) is 3.52. The highest BCUT2D eigenvalue weighted by atomic mass is 16.5. The van der Waals surface area contributed by atoms with Gasteiger partial charge in [-0.2, -0.15) is 9.97 Å². The Bertz CT molecular complexity index is 1130. The van der Waals surface area contributed by atoms with E-state index in [0.717, 1.165) is 43.2 Å². The Balaban J connectivity index is 1.36. The number of urea groups is 1. The lowest BCUT2D eigenvalue weighted by atomic mass is 10.2. The van der Waals surface area contributed by atoms with Crippen LogP contribution in [0.1, 0.15) is 12.7 Å². The number of anilines is 3. The summed E-state index contributed by atoms with van der Waals surface area (Å²) in [6, 6.07) is 14.4. The van der Waals surface area contributed by atoms with E-state index < -0.39 is 0 Å². The Hall–Kier alpha value is -3.76. The number of rotatable bonds is 9. The molecule has 0 bridgehead atoms. The zero-order chi connectivity index (χ0) is 25.3. The van der Waals surface area contributed by atoms with Gasteiger partial charge >= 0.3 is 6.03 Å². The van der Waals surface area contributed by atoms with Crippen LogP contribution in [0.25, 0.3) is 11.4 Å². The monoisotopic (exact) mass is 491 g/mol. The van der Waals surface area contributed by atoms with Crippen LogP contribution < -0.4 is 20.3 Å². The van der Waals surface area contributed by atoms with E-state index in [2.05, 4.69) is 30.4 Å². The maximum Gasteiger partial charge on any atom is 0.323 e. The van der Waals surface area contributed by atoms with Gasteiger partial charge in [0.25, 0.3) is 0 Å². The third kappa shape index (κ3) is 7.12. The number of amides is 2. The lowest BCUT2D eigenvalue weighted by Crippen LogP contribution is -2.37. The highest BCUT2D eigenvalue weighted by Crippen LogP contribution is 2.22. The van der Waals surface area contributed by atoms with E-state index in [9.17, 15) is 4.79 Å². The van der Waals surface area contributed by atoms with Gasteiger partial charge in [0.2, 0.25) is 5.95 Å². The number of likely N-dealkylation sites (N-methyl/N-ethyl adjacent to an activating group) is 1. The second-order valence-electron chi connectivity index (χ2n) is 8.66. The number of aryl methyl sites for hydroxylation is 1. The number of morpholine rings is 1. The fourth-order valence-electron chi connectivity index (χ4n) is 3.58. The van der Waals surface area contributed by atoms with Crippen molar-refractivity contribution in [3.63, 3.8) is 0 Å². The molecule has 1 aliphatic rings. The lowest BCUT2D eigenvalue weighted by Gasteiger charge is -2.27. The zero-order valence-electron chi connectivity index (χ0n) is 21.0. The molecule has 36 heavy (non-hydrogen) atoms. The SMILES string of the molecule is CCc1nc(-c2ccc(NC(=O)Nc3ccc(OCCN(C)C)cc3)cc2)nc(N2CCOCC2)n1. The molecule has 0 saturated carbocycles. The van der Waals surface area contributed by atoms with E-state index in [-0.39, 0.29) is 6.03 Å². The second-order valence-corrected chi connectivity index (χ2v) is 8.66. The smallest absolute Gasteiger partial charge is 0.323 e. The molecule has 1 fully saturated rings. The maximum absolute atomic E-state index is 12.5. The zero-order valence-corrected chi connectivity index (χ0v) is 21.0. The Morgan fingerprint density at radius 2 is 1.61 bits per heavy atom. The summed E-state index contributed by atoms with van der Waals surface area (Å²) in [6.07, 6.45) is 0.718. The summed E-state index contributed by atoms with van der Waals surface area (Å²) in [6.45, 7) is 6.32. The number of hydrogen-bond donors (Lipinski definition) is 2. The molecule has 0 atom stereocenters.